The van der Waals surface area contributed by atoms with Gasteiger partial charge in [0.05, 0.1) is 24.1 Å². The number of carbonyl (C=O) groups is 1. The molecule has 6 nitrogen and oxygen atoms in total. The molecule has 1 aromatic heterocycles. The van der Waals surface area contributed by atoms with Gasteiger partial charge in [0.25, 0.3) is 5.91 Å². The summed E-state index contributed by atoms with van der Waals surface area (Å²) in [6.07, 6.45) is 0. The van der Waals surface area contributed by atoms with Crippen LogP contribution in [0.5, 0.6) is 11.5 Å². The zero-order valence-corrected chi connectivity index (χ0v) is 22.6. The number of rotatable bonds is 7. The van der Waals surface area contributed by atoms with Crippen molar-refractivity contribution in [3.63, 3.8) is 0 Å². The summed E-state index contributed by atoms with van der Waals surface area (Å²) >= 11 is 0. The van der Waals surface area contributed by atoms with Gasteiger partial charge >= 0.3 is 0 Å². The summed E-state index contributed by atoms with van der Waals surface area (Å²) < 4.78 is 17.9. The molecule has 6 rings (SSSR count). The van der Waals surface area contributed by atoms with Crippen LogP contribution in [0.2, 0.25) is 0 Å². The molecule has 6 heteroatoms. The SMILES string of the molecule is COc1cc(C2c3c(oc4cc(C)c(C)cc4c3=O)C(=O)N2Cc2ccccc2)ccc1OCc1ccccc1. The van der Waals surface area contributed by atoms with Crippen molar-refractivity contribution in [2.45, 2.75) is 33.0 Å². The molecule has 0 spiro atoms. The van der Waals surface area contributed by atoms with Crippen molar-refractivity contribution in [1.29, 1.82) is 0 Å². The first kappa shape index (κ1) is 25.4. The molecular formula is C34H29NO5. The molecule has 0 N–H and O–H groups in total. The third-order valence-electron chi connectivity index (χ3n) is 7.52. The molecule has 4 aromatic carbocycles. The minimum atomic E-state index is -0.651. The molecule has 0 aliphatic carbocycles. The maximum absolute atomic E-state index is 14.0. The fraction of sp³-hybridized carbons (Fsp3) is 0.176. The fourth-order valence-electron chi connectivity index (χ4n) is 5.27. The molecule has 0 fully saturated rings. The summed E-state index contributed by atoms with van der Waals surface area (Å²) in [6.45, 7) is 4.62. The van der Waals surface area contributed by atoms with Gasteiger partial charge in [-0.2, -0.15) is 0 Å². The molecule has 0 saturated heterocycles. The van der Waals surface area contributed by atoms with Crippen LogP contribution in [-0.4, -0.2) is 17.9 Å². The van der Waals surface area contributed by atoms with Crippen molar-refractivity contribution in [3.8, 4) is 11.5 Å². The maximum Gasteiger partial charge on any atom is 0.291 e. The van der Waals surface area contributed by atoms with Crippen molar-refractivity contribution >= 4 is 16.9 Å². The predicted molar refractivity (Wildman–Crippen MR) is 154 cm³/mol. The average molecular weight is 532 g/mol. The van der Waals surface area contributed by atoms with Gasteiger partial charge in [-0.05, 0) is 65.9 Å². The lowest BCUT2D eigenvalue weighted by Gasteiger charge is -2.26. The number of amides is 1. The van der Waals surface area contributed by atoms with Crippen molar-refractivity contribution in [2.75, 3.05) is 7.11 Å². The van der Waals surface area contributed by atoms with Crippen LogP contribution in [0.25, 0.3) is 11.0 Å². The highest BCUT2D eigenvalue weighted by atomic mass is 16.5. The molecule has 0 radical (unpaired) electrons. The van der Waals surface area contributed by atoms with Crippen LogP contribution in [0.3, 0.4) is 0 Å². The second kappa shape index (κ2) is 10.4. The Morgan fingerprint density at radius 2 is 1.48 bits per heavy atom. The Morgan fingerprint density at radius 3 is 2.17 bits per heavy atom. The summed E-state index contributed by atoms with van der Waals surface area (Å²) in [4.78, 5) is 29.5. The molecular weight excluding hydrogens is 502 g/mol. The Kier molecular flexibility index (Phi) is 6.60. The number of aryl methyl sites for hydroxylation is 2. The van der Waals surface area contributed by atoms with E-state index in [1.165, 1.54) is 0 Å². The van der Waals surface area contributed by atoms with Gasteiger partial charge in [0.1, 0.15) is 12.2 Å². The normalized spacial score (nSPS) is 14.4. The van der Waals surface area contributed by atoms with Crippen LogP contribution in [-0.2, 0) is 13.2 Å². The lowest BCUT2D eigenvalue weighted by atomic mass is 9.97. The van der Waals surface area contributed by atoms with E-state index in [0.29, 0.717) is 41.2 Å². The number of nitrogens with zero attached hydrogens (tertiary/aromatic N) is 1. The van der Waals surface area contributed by atoms with Crippen molar-refractivity contribution < 1.29 is 18.7 Å². The van der Waals surface area contributed by atoms with E-state index in [2.05, 4.69) is 0 Å². The van der Waals surface area contributed by atoms with Gasteiger partial charge in [0, 0.05) is 6.54 Å². The van der Waals surface area contributed by atoms with Gasteiger partial charge in [-0.3, -0.25) is 9.59 Å². The number of carbonyl (C=O) groups excluding carboxylic acids is 1. The van der Waals surface area contributed by atoms with Crippen molar-refractivity contribution in [2.24, 2.45) is 0 Å². The first-order valence-corrected chi connectivity index (χ1v) is 13.2. The molecule has 0 saturated carbocycles. The molecule has 200 valence electrons. The Labute approximate surface area is 232 Å². The molecule has 2 heterocycles. The van der Waals surface area contributed by atoms with E-state index in [1.807, 2.05) is 105 Å². The van der Waals surface area contributed by atoms with Crippen LogP contribution in [0.15, 0.2) is 100 Å². The van der Waals surface area contributed by atoms with E-state index >= 15 is 0 Å². The van der Waals surface area contributed by atoms with Crippen LogP contribution >= 0.6 is 0 Å². The molecule has 1 unspecified atom stereocenters. The molecule has 0 bridgehead atoms. The summed E-state index contributed by atoms with van der Waals surface area (Å²) in [6, 6.07) is 28.2. The Hall–Kier alpha value is -4.84. The minimum Gasteiger partial charge on any atom is -0.493 e. The second-order valence-electron chi connectivity index (χ2n) is 10.1. The lowest BCUT2D eigenvalue weighted by Crippen LogP contribution is -2.29. The number of methoxy groups -OCH3 is 1. The van der Waals surface area contributed by atoms with E-state index < -0.39 is 6.04 Å². The summed E-state index contributed by atoms with van der Waals surface area (Å²) in [5.74, 6) is 0.867. The van der Waals surface area contributed by atoms with E-state index in [1.54, 1.807) is 12.0 Å². The van der Waals surface area contributed by atoms with Crippen LogP contribution in [0.1, 0.15) is 50.0 Å². The minimum absolute atomic E-state index is 0.0880. The lowest BCUT2D eigenvalue weighted by molar-refractivity contribution is 0.0714. The summed E-state index contributed by atoms with van der Waals surface area (Å²) in [5, 5.41) is 0.469. The number of benzene rings is 4. The second-order valence-corrected chi connectivity index (χ2v) is 10.1. The van der Waals surface area contributed by atoms with Gasteiger partial charge in [0.15, 0.2) is 16.9 Å². The summed E-state index contributed by atoms with van der Waals surface area (Å²) in [7, 11) is 1.58. The number of hydrogen-bond donors (Lipinski definition) is 0. The average Bonchev–Trinajstić information content (AvgIpc) is 3.25. The molecule has 1 atom stereocenters. The van der Waals surface area contributed by atoms with E-state index in [4.69, 9.17) is 13.9 Å². The third-order valence-corrected chi connectivity index (χ3v) is 7.52. The number of hydrogen-bond acceptors (Lipinski definition) is 5. The van der Waals surface area contributed by atoms with Crippen molar-refractivity contribution in [3.05, 3.63) is 140 Å². The van der Waals surface area contributed by atoms with Gasteiger partial charge in [-0.1, -0.05) is 66.7 Å². The Bertz CT molecular complexity index is 1780. The molecule has 1 aliphatic heterocycles. The largest absolute Gasteiger partial charge is 0.493 e. The molecule has 1 amide bonds. The van der Waals surface area contributed by atoms with Crippen LogP contribution < -0.4 is 14.9 Å². The Balaban J connectivity index is 1.46. The van der Waals surface area contributed by atoms with Gasteiger partial charge < -0.3 is 18.8 Å². The summed E-state index contributed by atoms with van der Waals surface area (Å²) in [5.41, 5.74) is 5.27. The predicted octanol–water partition coefficient (Wildman–Crippen LogP) is 6.74. The highest BCUT2D eigenvalue weighted by Crippen LogP contribution is 2.42. The fourth-order valence-corrected chi connectivity index (χ4v) is 5.27. The molecule has 1 aliphatic rings. The van der Waals surface area contributed by atoms with Crippen LogP contribution in [0.4, 0.5) is 0 Å². The highest BCUT2D eigenvalue weighted by Gasteiger charge is 2.43. The first-order chi connectivity index (χ1) is 19.4. The molecule has 40 heavy (non-hydrogen) atoms. The zero-order valence-electron chi connectivity index (χ0n) is 22.6. The monoisotopic (exact) mass is 531 g/mol. The van der Waals surface area contributed by atoms with Gasteiger partial charge in [0.2, 0.25) is 5.76 Å². The van der Waals surface area contributed by atoms with E-state index in [9.17, 15) is 9.59 Å². The van der Waals surface area contributed by atoms with E-state index in [-0.39, 0.29) is 17.1 Å². The zero-order chi connectivity index (χ0) is 27.8. The maximum atomic E-state index is 14.0. The topological polar surface area (TPSA) is 69.0 Å². The standard InChI is InChI=1S/C34H29NO5/c1-21-16-26-28(17-22(21)2)40-33-30(32(26)36)31(35(34(33)37)19-23-10-6-4-7-11-23)25-14-15-27(29(18-25)38-3)39-20-24-12-8-5-9-13-24/h4-18,31H,19-20H2,1-3H3. The highest BCUT2D eigenvalue weighted by molar-refractivity contribution is 5.99. The van der Waals surface area contributed by atoms with Gasteiger partial charge in [-0.25, -0.2) is 0 Å². The number of fused-ring (bicyclic) bond motifs is 2. The van der Waals surface area contributed by atoms with E-state index in [0.717, 1.165) is 27.8 Å². The smallest absolute Gasteiger partial charge is 0.291 e. The van der Waals surface area contributed by atoms with Gasteiger partial charge in [-0.15, -0.1) is 0 Å². The quantitative estimate of drug-likeness (QED) is 0.233. The molecule has 5 aromatic rings. The Morgan fingerprint density at radius 1 is 0.800 bits per heavy atom. The number of ether oxygens (including phenoxy) is 2. The van der Waals surface area contributed by atoms with Crippen LogP contribution in [0, 0.1) is 13.8 Å². The third kappa shape index (κ3) is 4.51. The van der Waals surface area contributed by atoms with Crippen molar-refractivity contribution in [1.82, 2.24) is 4.90 Å². The first-order valence-electron chi connectivity index (χ1n) is 13.2.